The minimum Gasteiger partial charge on any atom is -0.494 e. The average Bonchev–Trinajstić information content (AvgIpc) is 2.38. The fourth-order valence-electron chi connectivity index (χ4n) is 1.30. The Labute approximate surface area is 110 Å². The van der Waals surface area contributed by atoms with Gasteiger partial charge in [0.25, 0.3) is 5.91 Å². The number of methoxy groups -OCH3 is 1. The Hall–Kier alpha value is -1.33. The van der Waals surface area contributed by atoms with E-state index in [1.165, 1.54) is 19.2 Å². The molecule has 0 aliphatic rings. The van der Waals surface area contributed by atoms with Crippen molar-refractivity contribution in [2.45, 2.75) is 0 Å². The van der Waals surface area contributed by atoms with E-state index in [0.717, 1.165) is 6.07 Å². The minimum absolute atomic E-state index is 0.108. The summed E-state index contributed by atoms with van der Waals surface area (Å²) in [6.45, 7) is 1.16. The van der Waals surface area contributed by atoms with Crippen LogP contribution >= 0.6 is 11.6 Å². The van der Waals surface area contributed by atoms with Crippen molar-refractivity contribution in [1.29, 1.82) is 0 Å². The molecule has 0 spiro atoms. The maximum Gasteiger partial charge on any atom is 0.251 e. The molecule has 1 aromatic rings. The van der Waals surface area contributed by atoms with Crippen LogP contribution < -0.4 is 10.1 Å². The Kier molecular flexibility index (Phi) is 6.46. The van der Waals surface area contributed by atoms with E-state index in [-0.39, 0.29) is 17.2 Å². The fraction of sp³-hybridized carbons (Fsp3) is 0.417. The van der Waals surface area contributed by atoms with Crippen LogP contribution in [0.4, 0.5) is 4.39 Å². The van der Waals surface area contributed by atoms with Crippen molar-refractivity contribution in [2.75, 3.05) is 32.7 Å². The van der Waals surface area contributed by atoms with Gasteiger partial charge in [-0.25, -0.2) is 4.39 Å². The lowest BCUT2D eigenvalue weighted by atomic mass is 10.2. The van der Waals surface area contributed by atoms with Crippen molar-refractivity contribution in [2.24, 2.45) is 0 Å². The van der Waals surface area contributed by atoms with E-state index in [1.807, 2.05) is 0 Å². The molecule has 4 nitrogen and oxygen atoms in total. The molecule has 1 aromatic carbocycles. The molecule has 1 amide bonds. The Balaban J connectivity index is 2.44. The van der Waals surface area contributed by atoms with Crippen LogP contribution in [-0.2, 0) is 4.74 Å². The number of carbonyl (C=O) groups is 1. The summed E-state index contributed by atoms with van der Waals surface area (Å²) in [6.07, 6.45) is 0. The van der Waals surface area contributed by atoms with E-state index >= 15 is 0 Å². The van der Waals surface area contributed by atoms with Crippen LogP contribution in [0.3, 0.4) is 0 Å². The van der Waals surface area contributed by atoms with Gasteiger partial charge in [0, 0.05) is 18.0 Å². The number of ether oxygens (including phenoxy) is 2. The monoisotopic (exact) mass is 275 g/mol. The zero-order valence-corrected chi connectivity index (χ0v) is 10.8. The van der Waals surface area contributed by atoms with Crippen LogP contribution in [0.2, 0.25) is 0 Å². The highest BCUT2D eigenvalue weighted by molar-refractivity contribution is 6.17. The molecule has 0 saturated heterocycles. The third kappa shape index (κ3) is 4.50. The zero-order chi connectivity index (χ0) is 13.4. The van der Waals surface area contributed by atoms with Crippen molar-refractivity contribution in [1.82, 2.24) is 5.32 Å². The molecule has 0 atom stereocenters. The number of rotatable bonds is 7. The summed E-state index contributed by atoms with van der Waals surface area (Å²) in [4.78, 5) is 11.6. The highest BCUT2D eigenvalue weighted by atomic mass is 35.5. The smallest absolute Gasteiger partial charge is 0.251 e. The lowest BCUT2D eigenvalue weighted by molar-refractivity contribution is 0.0923. The average molecular weight is 276 g/mol. The van der Waals surface area contributed by atoms with Gasteiger partial charge < -0.3 is 14.8 Å². The number of benzene rings is 1. The number of hydrogen-bond donors (Lipinski definition) is 1. The standard InChI is InChI=1S/C12H15ClFNO3/c1-17-11-3-2-9(8-10(11)14)12(16)15-5-7-18-6-4-13/h2-3,8H,4-7H2,1H3,(H,15,16). The molecule has 0 unspecified atom stereocenters. The molecule has 1 rings (SSSR count). The molecule has 0 aromatic heterocycles. The minimum atomic E-state index is -0.566. The van der Waals surface area contributed by atoms with Crippen molar-refractivity contribution < 1.29 is 18.7 Å². The Morgan fingerprint density at radius 1 is 1.44 bits per heavy atom. The fourth-order valence-corrected chi connectivity index (χ4v) is 1.41. The summed E-state index contributed by atoms with van der Waals surface area (Å²) in [5.41, 5.74) is 0.241. The molecule has 1 N–H and O–H groups in total. The van der Waals surface area contributed by atoms with E-state index in [2.05, 4.69) is 5.32 Å². The van der Waals surface area contributed by atoms with Crippen LogP contribution in [0.25, 0.3) is 0 Å². The predicted molar refractivity (Wildman–Crippen MR) is 66.8 cm³/mol. The summed E-state index contributed by atoms with van der Waals surface area (Å²) in [5.74, 6) is -0.399. The Morgan fingerprint density at radius 2 is 2.22 bits per heavy atom. The molecule has 0 heterocycles. The van der Waals surface area contributed by atoms with Crippen molar-refractivity contribution in [3.8, 4) is 5.75 Å². The van der Waals surface area contributed by atoms with E-state index < -0.39 is 5.82 Å². The van der Waals surface area contributed by atoms with Gasteiger partial charge in [-0.3, -0.25) is 4.79 Å². The molecule has 18 heavy (non-hydrogen) atoms. The molecule has 0 aliphatic carbocycles. The zero-order valence-electron chi connectivity index (χ0n) is 10.0. The first-order chi connectivity index (χ1) is 8.69. The van der Waals surface area contributed by atoms with Crippen LogP contribution in [-0.4, -0.2) is 38.7 Å². The largest absolute Gasteiger partial charge is 0.494 e. The lowest BCUT2D eigenvalue weighted by Gasteiger charge is -2.07. The number of amides is 1. The first-order valence-corrected chi connectivity index (χ1v) is 5.98. The Morgan fingerprint density at radius 3 is 2.83 bits per heavy atom. The first-order valence-electron chi connectivity index (χ1n) is 5.44. The summed E-state index contributed by atoms with van der Waals surface area (Å²) in [5, 5.41) is 2.61. The molecule has 6 heteroatoms. The SMILES string of the molecule is COc1ccc(C(=O)NCCOCCCl)cc1F. The number of halogens is 2. The summed E-state index contributed by atoms with van der Waals surface area (Å²) >= 11 is 5.42. The van der Waals surface area contributed by atoms with Gasteiger partial charge >= 0.3 is 0 Å². The van der Waals surface area contributed by atoms with Crippen molar-refractivity contribution >= 4 is 17.5 Å². The quantitative estimate of drug-likeness (QED) is 0.610. The van der Waals surface area contributed by atoms with Crippen LogP contribution in [0.1, 0.15) is 10.4 Å². The topological polar surface area (TPSA) is 47.6 Å². The van der Waals surface area contributed by atoms with E-state index in [0.29, 0.717) is 25.6 Å². The highest BCUT2D eigenvalue weighted by Gasteiger charge is 2.09. The maximum absolute atomic E-state index is 13.4. The predicted octanol–water partition coefficient (Wildman–Crippen LogP) is 1.82. The van der Waals surface area contributed by atoms with E-state index in [4.69, 9.17) is 21.1 Å². The van der Waals surface area contributed by atoms with Crippen molar-refractivity contribution in [3.63, 3.8) is 0 Å². The number of alkyl halides is 1. The summed E-state index contributed by atoms with van der Waals surface area (Å²) < 4.78 is 23.2. The maximum atomic E-state index is 13.4. The normalized spacial score (nSPS) is 10.2. The van der Waals surface area contributed by atoms with Gasteiger partial charge in [0.2, 0.25) is 0 Å². The Bertz CT molecular complexity index is 401. The van der Waals surface area contributed by atoms with Gasteiger partial charge in [0.1, 0.15) is 0 Å². The molecule has 0 aliphatic heterocycles. The van der Waals surface area contributed by atoms with Gasteiger partial charge in [0.05, 0.1) is 20.3 Å². The number of nitrogens with one attached hydrogen (secondary N) is 1. The molecule has 100 valence electrons. The van der Waals surface area contributed by atoms with Crippen molar-refractivity contribution in [3.05, 3.63) is 29.6 Å². The molecule has 0 radical (unpaired) electrons. The molecule has 0 bridgehead atoms. The van der Waals surface area contributed by atoms with Gasteiger partial charge in [-0.05, 0) is 18.2 Å². The van der Waals surface area contributed by atoms with Gasteiger partial charge in [-0.1, -0.05) is 0 Å². The van der Waals surface area contributed by atoms with Crippen LogP contribution in [0.15, 0.2) is 18.2 Å². The van der Waals surface area contributed by atoms with Crippen LogP contribution in [0, 0.1) is 5.82 Å². The van der Waals surface area contributed by atoms with Crippen LogP contribution in [0.5, 0.6) is 5.75 Å². The lowest BCUT2D eigenvalue weighted by Crippen LogP contribution is -2.27. The highest BCUT2D eigenvalue weighted by Crippen LogP contribution is 2.17. The third-order valence-electron chi connectivity index (χ3n) is 2.17. The van der Waals surface area contributed by atoms with Gasteiger partial charge in [-0.15, -0.1) is 11.6 Å². The number of carbonyl (C=O) groups excluding carboxylic acids is 1. The second-order valence-electron chi connectivity index (χ2n) is 3.41. The molecular weight excluding hydrogens is 261 g/mol. The van der Waals surface area contributed by atoms with E-state index in [9.17, 15) is 9.18 Å². The molecule has 0 saturated carbocycles. The summed E-state index contributed by atoms with van der Waals surface area (Å²) in [7, 11) is 1.37. The number of hydrogen-bond acceptors (Lipinski definition) is 3. The molecule has 0 fully saturated rings. The van der Waals surface area contributed by atoms with E-state index in [1.54, 1.807) is 0 Å². The van der Waals surface area contributed by atoms with Gasteiger partial charge in [-0.2, -0.15) is 0 Å². The second-order valence-corrected chi connectivity index (χ2v) is 3.78. The molecular formula is C12H15ClFNO3. The second kappa shape index (κ2) is 7.89. The third-order valence-corrected chi connectivity index (χ3v) is 2.32. The van der Waals surface area contributed by atoms with Gasteiger partial charge in [0.15, 0.2) is 11.6 Å². The first kappa shape index (κ1) is 14.7. The summed E-state index contributed by atoms with van der Waals surface area (Å²) in [6, 6.07) is 4.04.